The fourth-order valence-corrected chi connectivity index (χ4v) is 0.933. The van der Waals surface area contributed by atoms with Gasteiger partial charge in [0, 0.05) is 13.2 Å². The highest BCUT2D eigenvalue weighted by atomic mass is 16.7. The van der Waals surface area contributed by atoms with E-state index in [0.717, 1.165) is 26.1 Å². The normalized spacial score (nSPS) is 13.2. The molecule has 0 aliphatic carbocycles. The average Bonchev–Trinajstić information content (AvgIpc) is 2.09. The SMILES string of the molecule is CCCCCOC(C)OCCC. The molecule has 0 bridgehead atoms. The van der Waals surface area contributed by atoms with Gasteiger partial charge < -0.3 is 9.47 Å². The van der Waals surface area contributed by atoms with Crippen molar-refractivity contribution >= 4 is 0 Å². The lowest BCUT2D eigenvalue weighted by atomic mass is 10.3. The van der Waals surface area contributed by atoms with E-state index in [4.69, 9.17) is 9.47 Å². The van der Waals surface area contributed by atoms with Crippen LogP contribution < -0.4 is 0 Å². The van der Waals surface area contributed by atoms with E-state index < -0.39 is 0 Å². The van der Waals surface area contributed by atoms with Crippen LogP contribution in [0.2, 0.25) is 0 Å². The molecule has 0 rings (SSSR count). The highest BCUT2D eigenvalue weighted by Crippen LogP contribution is 1.99. The third kappa shape index (κ3) is 8.02. The Kier molecular flexibility index (Phi) is 8.95. The minimum atomic E-state index is -0.0261. The van der Waals surface area contributed by atoms with Crippen LogP contribution in [0.1, 0.15) is 46.5 Å². The smallest absolute Gasteiger partial charge is 0.154 e. The third-order valence-corrected chi connectivity index (χ3v) is 1.66. The van der Waals surface area contributed by atoms with Gasteiger partial charge in [-0.1, -0.05) is 26.7 Å². The molecule has 0 spiro atoms. The van der Waals surface area contributed by atoms with Crippen molar-refractivity contribution in [2.45, 2.75) is 52.7 Å². The van der Waals surface area contributed by atoms with E-state index in [2.05, 4.69) is 13.8 Å². The molecule has 1 unspecified atom stereocenters. The molecule has 0 aromatic carbocycles. The maximum atomic E-state index is 5.42. The van der Waals surface area contributed by atoms with Crippen molar-refractivity contribution in [2.24, 2.45) is 0 Å². The summed E-state index contributed by atoms with van der Waals surface area (Å²) < 4.78 is 10.8. The van der Waals surface area contributed by atoms with E-state index in [0.29, 0.717) is 0 Å². The van der Waals surface area contributed by atoms with Crippen LogP contribution in [0, 0.1) is 0 Å². The van der Waals surface area contributed by atoms with Gasteiger partial charge >= 0.3 is 0 Å². The minimum Gasteiger partial charge on any atom is -0.353 e. The molecule has 2 heteroatoms. The molecule has 0 aliphatic heterocycles. The van der Waals surface area contributed by atoms with Gasteiger partial charge in [-0.15, -0.1) is 0 Å². The fraction of sp³-hybridized carbons (Fsp3) is 1.00. The first-order chi connectivity index (χ1) is 5.81. The monoisotopic (exact) mass is 174 g/mol. The largest absolute Gasteiger partial charge is 0.353 e. The lowest BCUT2D eigenvalue weighted by Crippen LogP contribution is -2.14. The standard InChI is InChI=1S/C10H22O2/c1-4-6-7-9-12-10(3)11-8-5-2/h10H,4-9H2,1-3H3. The molecular formula is C10H22O2. The summed E-state index contributed by atoms with van der Waals surface area (Å²) in [5, 5.41) is 0. The van der Waals surface area contributed by atoms with Crippen molar-refractivity contribution in [1.82, 2.24) is 0 Å². The summed E-state index contributed by atoms with van der Waals surface area (Å²) in [5.41, 5.74) is 0. The Morgan fingerprint density at radius 1 is 0.917 bits per heavy atom. The predicted octanol–water partition coefficient (Wildman–Crippen LogP) is 2.97. The first kappa shape index (κ1) is 11.9. The Bertz CT molecular complexity index is 83.9. The topological polar surface area (TPSA) is 18.5 Å². The molecular weight excluding hydrogens is 152 g/mol. The zero-order chi connectivity index (χ0) is 9.23. The van der Waals surface area contributed by atoms with Crippen molar-refractivity contribution in [3.8, 4) is 0 Å². The van der Waals surface area contributed by atoms with E-state index in [-0.39, 0.29) is 6.29 Å². The molecule has 12 heavy (non-hydrogen) atoms. The molecule has 0 fully saturated rings. The van der Waals surface area contributed by atoms with E-state index in [1.807, 2.05) is 6.92 Å². The quantitative estimate of drug-likeness (QED) is 0.416. The zero-order valence-electron chi connectivity index (χ0n) is 8.64. The summed E-state index contributed by atoms with van der Waals surface area (Å²) in [7, 11) is 0. The second-order valence-corrected chi connectivity index (χ2v) is 3.02. The molecule has 0 radical (unpaired) electrons. The Balaban J connectivity index is 3.02. The average molecular weight is 174 g/mol. The molecule has 0 aromatic rings. The van der Waals surface area contributed by atoms with E-state index in [9.17, 15) is 0 Å². The molecule has 0 N–H and O–H groups in total. The van der Waals surface area contributed by atoms with Crippen molar-refractivity contribution in [1.29, 1.82) is 0 Å². The number of hydrogen-bond donors (Lipinski definition) is 0. The number of unbranched alkanes of at least 4 members (excludes halogenated alkanes) is 2. The highest BCUT2D eigenvalue weighted by molar-refractivity contribution is 4.38. The molecule has 0 aromatic heterocycles. The summed E-state index contributed by atoms with van der Waals surface area (Å²) in [6, 6.07) is 0. The lowest BCUT2D eigenvalue weighted by molar-refractivity contribution is -0.130. The van der Waals surface area contributed by atoms with Crippen LogP contribution in [-0.2, 0) is 9.47 Å². The van der Waals surface area contributed by atoms with Gasteiger partial charge in [-0.25, -0.2) is 0 Å². The van der Waals surface area contributed by atoms with Crippen molar-refractivity contribution < 1.29 is 9.47 Å². The van der Waals surface area contributed by atoms with Gasteiger partial charge in [0.15, 0.2) is 6.29 Å². The highest BCUT2D eigenvalue weighted by Gasteiger charge is 1.99. The molecule has 0 saturated carbocycles. The minimum absolute atomic E-state index is 0.0261. The molecule has 2 nitrogen and oxygen atoms in total. The van der Waals surface area contributed by atoms with Crippen LogP contribution in [0.25, 0.3) is 0 Å². The number of rotatable bonds is 8. The number of hydrogen-bond acceptors (Lipinski definition) is 2. The maximum absolute atomic E-state index is 5.42. The van der Waals surface area contributed by atoms with Gasteiger partial charge in [-0.05, 0) is 19.8 Å². The van der Waals surface area contributed by atoms with E-state index in [1.165, 1.54) is 12.8 Å². The molecule has 0 aliphatic rings. The van der Waals surface area contributed by atoms with Gasteiger partial charge in [0.25, 0.3) is 0 Å². The van der Waals surface area contributed by atoms with Gasteiger partial charge in [0.05, 0.1) is 0 Å². The van der Waals surface area contributed by atoms with Crippen LogP contribution in [0.5, 0.6) is 0 Å². The van der Waals surface area contributed by atoms with Crippen LogP contribution in [-0.4, -0.2) is 19.5 Å². The van der Waals surface area contributed by atoms with Crippen molar-refractivity contribution in [3.63, 3.8) is 0 Å². The third-order valence-electron chi connectivity index (χ3n) is 1.66. The van der Waals surface area contributed by atoms with Crippen molar-refractivity contribution in [3.05, 3.63) is 0 Å². The molecule has 0 saturated heterocycles. The summed E-state index contributed by atoms with van der Waals surface area (Å²) in [6.45, 7) is 7.89. The van der Waals surface area contributed by atoms with Crippen LogP contribution in [0.15, 0.2) is 0 Å². The Labute approximate surface area is 76.3 Å². The summed E-state index contributed by atoms with van der Waals surface area (Å²) in [6.07, 6.45) is 4.68. The van der Waals surface area contributed by atoms with Crippen molar-refractivity contribution in [2.75, 3.05) is 13.2 Å². The van der Waals surface area contributed by atoms with Crippen LogP contribution in [0.4, 0.5) is 0 Å². The van der Waals surface area contributed by atoms with E-state index in [1.54, 1.807) is 0 Å². The second kappa shape index (κ2) is 9.01. The fourth-order valence-electron chi connectivity index (χ4n) is 0.933. The predicted molar refractivity (Wildman–Crippen MR) is 51.2 cm³/mol. The summed E-state index contributed by atoms with van der Waals surface area (Å²) >= 11 is 0. The van der Waals surface area contributed by atoms with Crippen LogP contribution >= 0.6 is 0 Å². The van der Waals surface area contributed by atoms with Gasteiger partial charge in [0.2, 0.25) is 0 Å². The van der Waals surface area contributed by atoms with E-state index >= 15 is 0 Å². The number of ether oxygens (including phenoxy) is 2. The molecule has 0 heterocycles. The van der Waals surface area contributed by atoms with Gasteiger partial charge in [-0.2, -0.15) is 0 Å². The second-order valence-electron chi connectivity index (χ2n) is 3.02. The Morgan fingerprint density at radius 3 is 2.17 bits per heavy atom. The zero-order valence-corrected chi connectivity index (χ0v) is 8.64. The Hall–Kier alpha value is -0.0800. The van der Waals surface area contributed by atoms with Gasteiger partial charge in [-0.3, -0.25) is 0 Å². The molecule has 0 amide bonds. The lowest BCUT2D eigenvalue weighted by Gasteiger charge is -2.12. The molecule has 74 valence electrons. The first-order valence-corrected chi connectivity index (χ1v) is 5.04. The summed E-state index contributed by atoms with van der Waals surface area (Å²) in [5.74, 6) is 0. The van der Waals surface area contributed by atoms with Gasteiger partial charge in [0.1, 0.15) is 0 Å². The Morgan fingerprint density at radius 2 is 1.58 bits per heavy atom. The van der Waals surface area contributed by atoms with Crippen LogP contribution in [0.3, 0.4) is 0 Å². The summed E-state index contributed by atoms with van der Waals surface area (Å²) in [4.78, 5) is 0. The maximum Gasteiger partial charge on any atom is 0.154 e. The first-order valence-electron chi connectivity index (χ1n) is 5.04. The molecule has 1 atom stereocenters.